The fourth-order valence-electron chi connectivity index (χ4n) is 5.15. The van der Waals surface area contributed by atoms with Crippen LogP contribution in [0.2, 0.25) is 0 Å². The van der Waals surface area contributed by atoms with Gasteiger partial charge in [-0.05, 0) is 38.0 Å². The fourth-order valence-corrected chi connectivity index (χ4v) is 5.15. The first kappa shape index (κ1) is 12.6. The molecule has 0 radical (unpaired) electrons. The molecule has 4 nitrogen and oxygen atoms in total. The van der Waals surface area contributed by atoms with Crippen molar-refractivity contribution < 1.29 is 19.3 Å². The normalized spacial score (nSPS) is 63.8. The van der Waals surface area contributed by atoms with E-state index >= 15 is 0 Å². The molecule has 108 valence electrons. The lowest BCUT2D eigenvalue weighted by Gasteiger charge is -2.57. The average molecular weight is 268 g/mol. The summed E-state index contributed by atoms with van der Waals surface area (Å²) < 4.78 is 18.3. The second-order valence-corrected chi connectivity index (χ2v) is 7.23. The van der Waals surface area contributed by atoms with Crippen LogP contribution in [0.1, 0.15) is 46.5 Å². The molecule has 1 spiro atoms. The molecule has 8 atom stereocenters. The summed E-state index contributed by atoms with van der Waals surface area (Å²) in [5.41, 5.74) is -0.316. The molecule has 1 N–H and O–H groups in total. The fraction of sp³-hybridized carbons (Fsp3) is 1.00. The lowest BCUT2D eigenvalue weighted by molar-refractivity contribution is -0.326. The van der Waals surface area contributed by atoms with Crippen molar-refractivity contribution in [2.24, 2.45) is 23.7 Å². The van der Waals surface area contributed by atoms with Crippen molar-refractivity contribution in [3.8, 4) is 0 Å². The lowest BCUT2D eigenvalue weighted by Crippen LogP contribution is -2.66. The van der Waals surface area contributed by atoms with Gasteiger partial charge in [0.25, 0.3) is 0 Å². The van der Waals surface area contributed by atoms with Gasteiger partial charge in [-0.15, -0.1) is 0 Å². The first-order valence-corrected chi connectivity index (χ1v) is 7.68. The maximum Gasteiger partial charge on any atom is 0.193 e. The first-order chi connectivity index (χ1) is 8.96. The Bertz CT molecular complexity index is 400. The number of rotatable bonds is 0. The third-order valence-electron chi connectivity index (χ3n) is 6.15. The number of fused-ring (bicyclic) bond motifs is 1. The smallest absolute Gasteiger partial charge is 0.193 e. The summed E-state index contributed by atoms with van der Waals surface area (Å²) in [6.45, 7) is 6.43. The molecule has 2 bridgehead atoms. The Kier molecular flexibility index (Phi) is 2.47. The molecule has 3 aliphatic heterocycles. The number of hydrogen-bond donors (Lipinski definition) is 1. The van der Waals surface area contributed by atoms with Crippen LogP contribution in [0.3, 0.4) is 0 Å². The molecular weight excluding hydrogens is 244 g/mol. The van der Waals surface area contributed by atoms with Crippen LogP contribution in [0.15, 0.2) is 0 Å². The number of aliphatic hydroxyl groups is 1. The number of aliphatic hydroxyl groups excluding tert-OH is 1. The summed E-state index contributed by atoms with van der Waals surface area (Å²) in [5.74, 6) is 1.11. The van der Waals surface area contributed by atoms with Gasteiger partial charge in [0.15, 0.2) is 18.4 Å². The van der Waals surface area contributed by atoms with Gasteiger partial charge in [-0.1, -0.05) is 13.8 Å². The molecule has 0 aromatic rings. The van der Waals surface area contributed by atoms with Gasteiger partial charge in [0.2, 0.25) is 0 Å². The summed E-state index contributed by atoms with van der Waals surface area (Å²) in [7, 11) is 0. The molecule has 0 aromatic heterocycles. The third-order valence-corrected chi connectivity index (χ3v) is 6.15. The van der Waals surface area contributed by atoms with Gasteiger partial charge in [-0.3, -0.25) is 0 Å². The Balaban J connectivity index is 1.81. The molecule has 3 heterocycles. The van der Waals surface area contributed by atoms with Crippen molar-refractivity contribution in [2.45, 2.75) is 70.4 Å². The van der Waals surface area contributed by atoms with Gasteiger partial charge in [0, 0.05) is 18.3 Å². The van der Waals surface area contributed by atoms with Crippen LogP contribution < -0.4 is 0 Å². The van der Waals surface area contributed by atoms with E-state index in [-0.39, 0.29) is 17.8 Å². The third kappa shape index (κ3) is 1.44. The summed E-state index contributed by atoms with van der Waals surface area (Å²) >= 11 is 0. The minimum atomic E-state index is -0.721. The zero-order valence-electron chi connectivity index (χ0n) is 12.0. The van der Waals surface area contributed by atoms with E-state index < -0.39 is 12.1 Å². The Morgan fingerprint density at radius 3 is 2.68 bits per heavy atom. The summed E-state index contributed by atoms with van der Waals surface area (Å²) in [6.07, 6.45) is 3.30. The van der Waals surface area contributed by atoms with Crippen LogP contribution in [0.5, 0.6) is 0 Å². The maximum absolute atomic E-state index is 10.1. The SMILES string of the molecule is C[C@H]1[C@H](O)O[C@@H]2O[C@@]3(C)CC[C@H]4[C@H](C)CC[C@@H]1[C@@]24O3. The molecule has 4 rings (SSSR count). The van der Waals surface area contributed by atoms with Crippen LogP contribution >= 0.6 is 0 Å². The molecule has 0 unspecified atom stereocenters. The summed E-state index contributed by atoms with van der Waals surface area (Å²) in [5, 5.41) is 10.1. The maximum atomic E-state index is 10.1. The van der Waals surface area contributed by atoms with Gasteiger partial charge >= 0.3 is 0 Å². The summed E-state index contributed by atoms with van der Waals surface area (Å²) in [4.78, 5) is 0. The number of ether oxygens (including phenoxy) is 3. The molecule has 0 amide bonds. The zero-order chi connectivity index (χ0) is 13.4. The van der Waals surface area contributed by atoms with Crippen LogP contribution in [0, 0.1) is 23.7 Å². The molecule has 4 heteroatoms. The van der Waals surface area contributed by atoms with E-state index in [1.165, 1.54) is 6.42 Å². The van der Waals surface area contributed by atoms with Gasteiger partial charge < -0.3 is 19.3 Å². The van der Waals surface area contributed by atoms with Crippen LogP contribution in [0.4, 0.5) is 0 Å². The molecule has 4 fully saturated rings. The van der Waals surface area contributed by atoms with Crippen molar-refractivity contribution in [2.75, 3.05) is 0 Å². The highest BCUT2D eigenvalue weighted by atomic mass is 16.9. The highest BCUT2D eigenvalue weighted by Gasteiger charge is 2.71. The van der Waals surface area contributed by atoms with Gasteiger partial charge in [0.1, 0.15) is 5.60 Å². The first-order valence-electron chi connectivity index (χ1n) is 7.68. The van der Waals surface area contributed by atoms with Crippen LogP contribution in [-0.2, 0) is 14.2 Å². The average Bonchev–Trinajstić information content (AvgIpc) is 2.56. The second-order valence-electron chi connectivity index (χ2n) is 7.23. The molecular formula is C15H24O4. The van der Waals surface area contributed by atoms with Crippen molar-refractivity contribution in [3.63, 3.8) is 0 Å². The molecule has 4 aliphatic rings. The Labute approximate surface area is 114 Å². The predicted molar refractivity (Wildman–Crippen MR) is 68.0 cm³/mol. The highest BCUT2D eigenvalue weighted by molar-refractivity contribution is 5.12. The Hall–Kier alpha value is -0.160. The van der Waals surface area contributed by atoms with E-state index in [4.69, 9.17) is 14.2 Å². The van der Waals surface area contributed by atoms with Gasteiger partial charge in [-0.2, -0.15) is 0 Å². The van der Waals surface area contributed by atoms with Crippen molar-refractivity contribution in [3.05, 3.63) is 0 Å². The molecule has 19 heavy (non-hydrogen) atoms. The van der Waals surface area contributed by atoms with E-state index in [2.05, 4.69) is 13.8 Å². The quantitative estimate of drug-likeness (QED) is 0.732. The zero-order valence-corrected chi connectivity index (χ0v) is 12.0. The van der Waals surface area contributed by atoms with E-state index in [0.717, 1.165) is 19.3 Å². The van der Waals surface area contributed by atoms with Crippen molar-refractivity contribution in [1.29, 1.82) is 0 Å². The Morgan fingerprint density at radius 2 is 1.89 bits per heavy atom. The van der Waals surface area contributed by atoms with Gasteiger partial charge in [0.05, 0.1) is 0 Å². The second kappa shape index (κ2) is 3.73. The standard InChI is InChI=1S/C15H24O4/c1-8-4-5-11-9(2)12(16)17-13-15(11)10(8)6-7-14(3,18-13)19-15/h8-13,16H,4-7H2,1-3H3/t8-,9-,10+,11+,12-,13-,14-,15-/m1/s1. The monoisotopic (exact) mass is 268 g/mol. The van der Waals surface area contributed by atoms with Crippen LogP contribution in [0.25, 0.3) is 0 Å². The molecule has 3 saturated heterocycles. The summed E-state index contributed by atoms with van der Waals surface area (Å²) in [6, 6.07) is 0. The van der Waals surface area contributed by atoms with Crippen LogP contribution in [-0.4, -0.2) is 29.1 Å². The minimum Gasteiger partial charge on any atom is -0.368 e. The van der Waals surface area contributed by atoms with Crippen molar-refractivity contribution in [1.82, 2.24) is 0 Å². The van der Waals surface area contributed by atoms with E-state index in [1.54, 1.807) is 0 Å². The largest absolute Gasteiger partial charge is 0.368 e. The van der Waals surface area contributed by atoms with E-state index in [9.17, 15) is 5.11 Å². The minimum absolute atomic E-state index is 0.121. The Morgan fingerprint density at radius 1 is 1.11 bits per heavy atom. The molecule has 1 saturated carbocycles. The highest BCUT2D eigenvalue weighted by Crippen LogP contribution is 2.63. The molecule has 0 aromatic carbocycles. The van der Waals surface area contributed by atoms with Crippen molar-refractivity contribution >= 4 is 0 Å². The predicted octanol–water partition coefficient (Wildman–Crippen LogP) is 2.26. The van der Waals surface area contributed by atoms with E-state index in [0.29, 0.717) is 17.8 Å². The number of hydrogen-bond acceptors (Lipinski definition) is 4. The van der Waals surface area contributed by atoms with Gasteiger partial charge in [-0.25, -0.2) is 0 Å². The molecule has 1 aliphatic carbocycles. The lowest BCUT2D eigenvalue weighted by atomic mass is 9.57. The topological polar surface area (TPSA) is 47.9 Å². The van der Waals surface area contributed by atoms with E-state index in [1.807, 2.05) is 6.92 Å².